The van der Waals surface area contributed by atoms with Gasteiger partial charge in [0.1, 0.15) is 17.3 Å². The van der Waals surface area contributed by atoms with E-state index in [1.807, 2.05) is 0 Å². The van der Waals surface area contributed by atoms with E-state index in [0.717, 1.165) is 12.3 Å². The van der Waals surface area contributed by atoms with Gasteiger partial charge in [0.2, 0.25) is 0 Å². The Morgan fingerprint density at radius 2 is 1.90 bits per heavy atom. The van der Waals surface area contributed by atoms with Crippen LogP contribution in [0.4, 0.5) is 24.5 Å². The second-order valence-electron chi connectivity index (χ2n) is 4.34. The molecule has 1 aromatic carbocycles. The highest BCUT2D eigenvalue weighted by molar-refractivity contribution is 5.63. The topological polar surface area (TPSA) is 68.1 Å². The van der Waals surface area contributed by atoms with Crippen LogP contribution >= 0.6 is 0 Å². The van der Waals surface area contributed by atoms with Gasteiger partial charge in [-0.3, -0.25) is 15.1 Å². The zero-order chi connectivity index (χ0) is 15.6. The van der Waals surface area contributed by atoms with Gasteiger partial charge in [0.25, 0.3) is 5.69 Å². The lowest BCUT2D eigenvalue weighted by molar-refractivity contribution is -0.384. The summed E-state index contributed by atoms with van der Waals surface area (Å²) >= 11 is 0. The molecule has 21 heavy (non-hydrogen) atoms. The molecule has 1 heterocycles. The van der Waals surface area contributed by atoms with Crippen LogP contribution in [0.1, 0.15) is 18.5 Å². The molecule has 0 spiro atoms. The first-order chi connectivity index (χ1) is 9.88. The highest BCUT2D eigenvalue weighted by Gasteiger charge is 2.22. The Bertz CT molecular complexity index is 694. The third kappa shape index (κ3) is 3.28. The van der Waals surface area contributed by atoms with E-state index < -0.39 is 39.8 Å². The highest BCUT2D eigenvalue weighted by Crippen LogP contribution is 2.31. The number of hydrogen-bond donors (Lipinski definition) is 1. The first-order valence-electron chi connectivity index (χ1n) is 5.89. The van der Waals surface area contributed by atoms with Gasteiger partial charge in [0, 0.05) is 12.3 Å². The maximum Gasteiger partial charge on any atom is 0.298 e. The molecule has 0 amide bonds. The number of anilines is 1. The first kappa shape index (κ1) is 14.8. The minimum atomic E-state index is -1.10. The first-order valence-corrected chi connectivity index (χ1v) is 5.89. The summed E-state index contributed by atoms with van der Waals surface area (Å²) in [7, 11) is 0. The van der Waals surface area contributed by atoms with Crippen LogP contribution in [0.2, 0.25) is 0 Å². The average Bonchev–Trinajstić information content (AvgIpc) is 2.41. The van der Waals surface area contributed by atoms with Crippen molar-refractivity contribution in [2.24, 2.45) is 0 Å². The Kier molecular flexibility index (Phi) is 4.06. The molecule has 8 heteroatoms. The fraction of sp³-hybridized carbons (Fsp3) is 0.154. The SMILES string of the molecule is CC(Nc1c(F)cc(F)cc1[N+](=O)[O-])c1cncc(F)c1. The second kappa shape index (κ2) is 5.78. The Balaban J connectivity index is 2.37. The van der Waals surface area contributed by atoms with E-state index >= 15 is 0 Å². The van der Waals surface area contributed by atoms with Crippen LogP contribution < -0.4 is 5.32 Å². The third-order valence-electron chi connectivity index (χ3n) is 2.82. The van der Waals surface area contributed by atoms with Gasteiger partial charge in [-0.15, -0.1) is 0 Å². The summed E-state index contributed by atoms with van der Waals surface area (Å²) in [6.07, 6.45) is 2.34. The van der Waals surface area contributed by atoms with Crippen LogP contribution in [0.25, 0.3) is 0 Å². The Labute approximate surface area is 117 Å². The van der Waals surface area contributed by atoms with Gasteiger partial charge in [0.15, 0.2) is 5.82 Å². The summed E-state index contributed by atoms with van der Waals surface area (Å²) < 4.78 is 39.9. The average molecular weight is 297 g/mol. The van der Waals surface area contributed by atoms with E-state index in [-0.39, 0.29) is 0 Å². The second-order valence-corrected chi connectivity index (χ2v) is 4.34. The van der Waals surface area contributed by atoms with Gasteiger partial charge in [-0.25, -0.2) is 13.2 Å². The smallest absolute Gasteiger partial charge is 0.298 e. The minimum absolute atomic E-state index is 0.369. The van der Waals surface area contributed by atoms with Crippen molar-refractivity contribution in [2.75, 3.05) is 5.32 Å². The molecule has 1 aromatic heterocycles. The molecule has 0 aliphatic rings. The van der Waals surface area contributed by atoms with E-state index in [9.17, 15) is 23.3 Å². The van der Waals surface area contributed by atoms with Crippen LogP contribution in [0.3, 0.4) is 0 Å². The van der Waals surface area contributed by atoms with Gasteiger partial charge in [-0.2, -0.15) is 0 Å². The highest BCUT2D eigenvalue weighted by atomic mass is 19.1. The van der Waals surface area contributed by atoms with Crippen molar-refractivity contribution in [2.45, 2.75) is 13.0 Å². The molecule has 2 rings (SSSR count). The van der Waals surface area contributed by atoms with E-state index in [0.29, 0.717) is 17.7 Å². The van der Waals surface area contributed by atoms with E-state index in [1.54, 1.807) is 6.92 Å². The molecule has 1 unspecified atom stereocenters. The van der Waals surface area contributed by atoms with Crippen molar-refractivity contribution in [3.8, 4) is 0 Å². The summed E-state index contributed by atoms with van der Waals surface area (Å²) in [5, 5.41) is 13.4. The van der Waals surface area contributed by atoms with Crippen LogP contribution in [0.15, 0.2) is 30.6 Å². The number of nitrogens with one attached hydrogen (secondary N) is 1. The van der Waals surface area contributed by atoms with Gasteiger partial charge < -0.3 is 5.32 Å². The molecule has 5 nitrogen and oxygen atoms in total. The van der Waals surface area contributed by atoms with Crippen LogP contribution in [-0.4, -0.2) is 9.91 Å². The van der Waals surface area contributed by atoms with Crippen molar-refractivity contribution < 1.29 is 18.1 Å². The van der Waals surface area contributed by atoms with Gasteiger partial charge in [-0.05, 0) is 18.6 Å². The summed E-state index contributed by atoms with van der Waals surface area (Å²) in [6.45, 7) is 1.54. The van der Waals surface area contributed by atoms with Crippen molar-refractivity contribution in [3.63, 3.8) is 0 Å². The molecule has 110 valence electrons. The Morgan fingerprint density at radius 3 is 2.52 bits per heavy atom. The van der Waals surface area contributed by atoms with E-state index in [1.165, 1.54) is 6.20 Å². The van der Waals surface area contributed by atoms with E-state index in [4.69, 9.17) is 0 Å². The zero-order valence-electron chi connectivity index (χ0n) is 10.8. The molecular weight excluding hydrogens is 287 g/mol. The molecule has 1 N–H and O–H groups in total. The van der Waals surface area contributed by atoms with Crippen molar-refractivity contribution in [1.82, 2.24) is 4.98 Å². The quantitative estimate of drug-likeness (QED) is 0.692. The predicted octanol–water partition coefficient (Wildman–Crippen LogP) is 3.58. The summed E-state index contributed by atoms with van der Waals surface area (Å²) in [4.78, 5) is 13.6. The number of nitrogens with zero attached hydrogens (tertiary/aromatic N) is 2. The van der Waals surface area contributed by atoms with Crippen LogP contribution in [-0.2, 0) is 0 Å². The number of benzene rings is 1. The van der Waals surface area contributed by atoms with Crippen molar-refractivity contribution >= 4 is 11.4 Å². The predicted molar refractivity (Wildman–Crippen MR) is 69.2 cm³/mol. The maximum atomic E-state index is 13.7. The number of nitro groups is 1. The zero-order valence-corrected chi connectivity index (χ0v) is 10.8. The normalized spacial score (nSPS) is 12.0. The van der Waals surface area contributed by atoms with E-state index in [2.05, 4.69) is 10.3 Å². The molecule has 0 radical (unpaired) electrons. The molecule has 2 aromatic rings. The maximum absolute atomic E-state index is 13.7. The van der Waals surface area contributed by atoms with Crippen LogP contribution in [0, 0.1) is 27.6 Å². The molecule has 1 atom stereocenters. The molecule has 0 aliphatic heterocycles. The molecule has 0 fully saturated rings. The lowest BCUT2D eigenvalue weighted by atomic mass is 10.1. The number of rotatable bonds is 4. The van der Waals surface area contributed by atoms with Gasteiger partial charge in [0.05, 0.1) is 23.2 Å². The number of halogens is 3. The van der Waals surface area contributed by atoms with Crippen molar-refractivity contribution in [1.29, 1.82) is 0 Å². The number of pyridine rings is 1. The number of aromatic nitrogens is 1. The molecule has 0 aliphatic carbocycles. The summed E-state index contributed by atoms with van der Waals surface area (Å²) in [5.74, 6) is -2.74. The fourth-order valence-corrected chi connectivity index (χ4v) is 1.81. The van der Waals surface area contributed by atoms with Gasteiger partial charge in [-0.1, -0.05) is 0 Å². The van der Waals surface area contributed by atoms with Crippen LogP contribution in [0.5, 0.6) is 0 Å². The van der Waals surface area contributed by atoms with Crippen molar-refractivity contribution in [3.05, 3.63) is 63.7 Å². The summed E-state index contributed by atoms with van der Waals surface area (Å²) in [5.41, 5.74) is -0.824. The third-order valence-corrected chi connectivity index (χ3v) is 2.82. The molecule has 0 saturated carbocycles. The lowest BCUT2D eigenvalue weighted by Gasteiger charge is -2.16. The monoisotopic (exact) mass is 297 g/mol. The number of nitro benzene ring substituents is 1. The standard InChI is InChI=1S/C13H10F3N3O2/c1-7(8-2-10(15)6-17-5-8)18-13-11(16)3-9(14)4-12(13)19(20)21/h2-7,18H,1H3. The van der Waals surface area contributed by atoms with Gasteiger partial charge >= 0.3 is 0 Å². The summed E-state index contributed by atoms with van der Waals surface area (Å²) in [6, 6.07) is 1.65. The Hall–Kier alpha value is -2.64. The molecular formula is C13H10F3N3O2. The molecule has 0 bridgehead atoms. The fourth-order valence-electron chi connectivity index (χ4n) is 1.81. The molecule has 0 saturated heterocycles. The minimum Gasteiger partial charge on any atom is -0.370 e. The lowest BCUT2D eigenvalue weighted by Crippen LogP contribution is -2.11. The largest absolute Gasteiger partial charge is 0.370 e. The number of hydrogen-bond acceptors (Lipinski definition) is 4. The Morgan fingerprint density at radius 1 is 1.19 bits per heavy atom.